The Morgan fingerprint density at radius 1 is 1.05 bits per heavy atom. The van der Waals surface area contributed by atoms with Gasteiger partial charge in [0.05, 0.1) is 35.7 Å². The van der Waals surface area contributed by atoms with Crippen LogP contribution in [-0.4, -0.2) is 62.6 Å². The van der Waals surface area contributed by atoms with Crippen LogP contribution in [0.2, 0.25) is 0 Å². The molecule has 0 radical (unpaired) electrons. The van der Waals surface area contributed by atoms with Crippen molar-refractivity contribution in [2.45, 2.75) is 44.8 Å². The first-order valence-electron chi connectivity index (χ1n) is 15.1. The largest absolute Gasteiger partial charge is 0.346 e. The highest BCUT2D eigenvalue weighted by atomic mass is 19.1. The van der Waals surface area contributed by atoms with Crippen LogP contribution in [0.3, 0.4) is 0 Å². The number of H-pyrrole nitrogens is 1. The number of halogens is 1. The van der Waals surface area contributed by atoms with Crippen LogP contribution in [-0.2, 0) is 17.8 Å². The fourth-order valence-electron chi connectivity index (χ4n) is 6.59. The molecule has 1 saturated heterocycles. The molecule has 1 fully saturated rings. The quantitative estimate of drug-likeness (QED) is 0.233. The summed E-state index contributed by atoms with van der Waals surface area (Å²) in [4.78, 5) is 35.0. The zero-order chi connectivity index (χ0) is 30.2. The zero-order valence-corrected chi connectivity index (χ0v) is 24.5. The highest BCUT2D eigenvalue weighted by molar-refractivity contribution is 5.92. The maximum atomic E-state index is 14.2. The lowest BCUT2D eigenvalue weighted by atomic mass is 9.98. The molecule has 7 rings (SSSR count). The Balaban J connectivity index is 1.03. The molecule has 3 N–H and O–H groups in total. The van der Waals surface area contributed by atoms with Crippen LogP contribution in [0.4, 0.5) is 14.9 Å². The molecule has 1 atom stereocenters. The number of aromatic nitrogens is 3. The molecule has 0 saturated carbocycles. The summed E-state index contributed by atoms with van der Waals surface area (Å²) >= 11 is 0. The van der Waals surface area contributed by atoms with Crippen LogP contribution in [0.15, 0.2) is 73.1 Å². The SMILES string of the molecule is Cc1cc(CC(NC(=O)CN2CCC(N3Cc4cccc(F)c4NC3=O)CC2)c2cc3ccccc3cn2)cc2cn[nH]c12. The lowest BCUT2D eigenvalue weighted by molar-refractivity contribution is -0.123. The number of fused-ring (bicyclic) bond motifs is 3. The van der Waals surface area contributed by atoms with E-state index in [2.05, 4.69) is 56.9 Å². The summed E-state index contributed by atoms with van der Waals surface area (Å²) in [6.07, 6.45) is 5.76. The van der Waals surface area contributed by atoms with Gasteiger partial charge in [-0.1, -0.05) is 42.5 Å². The normalized spacial score (nSPS) is 16.6. The Hall–Kier alpha value is -4.83. The number of benzene rings is 3. The van der Waals surface area contributed by atoms with Crippen molar-refractivity contribution in [2.75, 3.05) is 25.0 Å². The van der Waals surface area contributed by atoms with E-state index in [1.807, 2.05) is 36.7 Å². The molecule has 1 unspecified atom stereocenters. The van der Waals surface area contributed by atoms with Crippen molar-refractivity contribution in [2.24, 2.45) is 0 Å². The third kappa shape index (κ3) is 5.60. The maximum Gasteiger partial charge on any atom is 0.322 e. The number of rotatable bonds is 7. The molecule has 2 aromatic heterocycles. The van der Waals surface area contributed by atoms with Gasteiger partial charge in [0.2, 0.25) is 5.91 Å². The molecule has 10 heteroatoms. The van der Waals surface area contributed by atoms with Crippen LogP contribution in [0, 0.1) is 12.7 Å². The molecule has 0 bridgehead atoms. The van der Waals surface area contributed by atoms with Crippen molar-refractivity contribution in [3.05, 3.63) is 101 Å². The number of aromatic amines is 1. The van der Waals surface area contributed by atoms with Crippen LogP contribution in [0.5, 0.6) is 0 Å². The Labute approximate surface area is 254 Å². The van der Waals surface area contributed by atoms with Gasteiger partial charge in [0.15, 0.2) is 0 Å². The predicted octanol–water partition coefficient (Wildman–Crippen LogP) is 5.47. The number of nitrogens with one attached hydrogen (secondary N) is 3. The molecular formula is C34H34FN7O2. The number of piperidine rings is 1. The van der Waals surface area contributed by atoms with E-state index in [0.717, 1.165) is 56.9 Å². The molecule has 0 spiro atoms. The highest BCUT2D eigenvalue weighted by Gasteiger charge is 2.33. The lowest BCUT2D eigenvalue weighted by Crippen LogP contribution is -2.51. The maximum absolute atomic E-state index is 14.2. The number of amides is 3. The van der Waals surface area contributed by atoms with Gasteiger partial charge >= 0.3 is 6.03 Å². The number of carbonyl (C=O) groups excluding carboxylic acids is 2. The summed E-state index contributed by atoms with van der Waals surface area (Å²) in [6.45, 7) is 4.08. The summed E-state index contributed by atoms with van der Waals surface area (Å²) < 4.78 is 14.2. The van der Waals surface area contributed by atoms with Crippen molar-refractivity contribution >= 4 is 39.3 Å². The molecule has 5 aromatic rings. The third-order valence-electron chi connectivity index (χ3n) is 8.89. The van der Waals surface area contributed by atoms with E-state index < -0.39 is 5.82 Å². The number of likely N-dealkylation sites (tertiary alicyclic amines) is 1. The molecule has 9 nitrogen and oxygen atoms in total. The van der Waals surface area contributed by atoms with Gasteiger partial charge in [0.25, 0.3) is 0 Å². The fourth-order valence-corrected chi connectivity index (χ4v) is 6.59. The van der Waals surface area contributed by atoms with Gasteiger partial charge in [0.1, 0.15) is 5.82 Å². The molecule has 44 heavy (non-hydrogen) atoms. The van der Waals surface area contributed by atoms with Gasteiger partial charge in [-0.3, -0.25) is 19.8 Å². The lowest BCUT2D eigenvalue weighted by Gasteiger charge is -2.40. The number of hydrogen-bond donors (Lipinski definition) is 3. The number of nitrogens with zero attached hydrogens (tertiary/aromatic N) is 4. The minimum atomic E-state index is -0.411. The highest BCUT2D eigenvalue weighted by Crippen LogP contribution is 2.30. The number of urea groups is 1. The monoisotopic (exact) mass is 591 g/mol. The summed E-state index contributed by atoms with van der Waals surface area (Å²) in [5.74, 6) is -0.477. The van der Waals surface area contributed by atoms with E-state index in [9.17, 15) is 14.0 Å². The average Bonchev–Trinajstić information content (AvgIpc) is 3.51. The number of para-hydroxylation sites is 1. The fraction of sp³-hybridized carbons (Fsp3) is 0.294. The molecular weight excluding hydrogens is 557 g/mol. The Bertz CT molecular complexity index is 1860. The molecule has 0 aliphatic carbocycles. The first-order chi connectivity index (χ1) is 21.4. The topological polar surface area (TPSA) is 106 Å². The van der Waals surface area contributed by atoms with Crippen molar-refractivity contribution in [3.8, 4) is 0 Å². The van der Waals surface area contributed by atoms with E-state index in [-0.39, 0.29) is 36.3 Å². The second kappa shape index (κ2) is 11.7. The van der Waals surface area contributed by atoms with Crippen molar-refractivity contribution < 1.29 is 14.0 Å². The molecule has 4 heterocycles. The van der Waals surface area contributed by atoms with Gasteiger partial charge < -0.3 is 15.5 Å². The zero-order valence-electron chi connectivity index (χ0n) is 24.5. The second-order valence-corrected chi connectivity index (χ2v) is 11.9. The van der Waals surface area contributed by atoms with Crippen molar-refractivity contribution in [1.29, 1.82) is 0 Å². The summed E-state index contributed by atoms with van der Waals surface area (Å²) in [5, 5.41) is 16.4. The molecule has 2 aliphatic rings. The van der Waals surface area contributed by atoms with Crippen LogP contribution >= 0.6 is 0 Å². The predicted molar refractivity (Wildman–Crippen MR) is 168 cm³/mol. The van der Waals surface area contributed by atoms with E-state index in [1.54, 1.807) is 11.0 Å². The molecule has 224 valence electrons. The van der Waals surface area contributed by atoms with Crippen LogP contribution in [0.25, 0.3) is 21.7 Å². The van der Waals surface area contributed by atoms with Crippen molar-refractivity contribution in [3.63, 3.8) is 0 Å². The number of carbonyl (C=O) groups is 2. The van der Waals surface area contributed by atoms with E-state index in [1.165, 1.54) is 6.07 Å². The minimum Gasteiger partial charge on any atom is -0.346 e. The first kappa shape index (κ1) is 28.0. The van der Waals surface area contributed by atoms with Gasteiger partial charge in [-0.15, -0.1) is 0 Å². The van der Waals surface area contributed by atoms with E-state index in [4.69, 9.17) is 4.98 Å². The molecule has 2 aliphatic heterocycles. The Morgan fingerprint density at radius 2 is 1.86 bits per heavy atom. The summed E-state index contributed by atoms with van der Waals surface area (Å²) in [7, 11) is 0. The van der Waals surface area contributed by atoms with Gasteiger partial charge in [-0.25, -0.2) is 9.18 Å². The smallest absolute Gasteiger partial charge is 0.322 e. The van der Waals surface area contributed by atoms with Gasteiger partial charge in [-0.05, 0) is 66.5 Å². The Morgan fingerprint density at radius 3 is 2.70 bits per heavy atom. The van der Waals surface area contributed by atoms with Crippen LogP contribution < -0.4 is 10.6 Å². The van der Waals surface area contributed by atoms with Gasteiger partial charge in [0, 0.05) is 42.6 Å². The van der Waals surface area contributed by atoms with Crippen LogP contribution in [0.1, 0.15) is 41.3 Å². The number of anilines is 1. The van der Waals surface area contributed by atoms with Gasteiger partial charge in [-0.2, -0.15) is 5.10 Å². The van der Waals surface area contributed by atoms with Crippen molar-refractivity contribution in [1.82, 2.24) is 30.3 Å². The summed E-state index contributed by atoms with van der Waals surface area (Å²) in [6, 6.07) is 18.7. The molecule has 3 aromatic carbocycles. The average molecular weight is 592 g/mol. The second-order valence-electron chi connectivity index (χ2n) is 11.9. The Kier molecular flexibility index (Phi) is 7.43. The third-order valence-corrected chi connectivity index (χ3v) is 8.89. The summed E-state index contributed by atoms with van der Waals surface area (Å²) in [5.41, 5.74) is 5.08. The van der Waals surface area contributed by atoms with E-state index >= 15 is 0 Å². The number of pyridine rings is 1. The minimum absolute atomic E-state index is 0.0290. The number of aryl methyl sites for hydroxylation is 1. The van der Waals surface area contributed by atoms with E-state index in [0.29, 0.717) is 26.1 Å². The molecule has 3 amide bonds. The standard InChI is InChI=1S/C34H34FN7O2/c1-21-13-22(14-26-18-37-40-32(21)26)15-30(29-16-23-5-2-3-6-24(23)17-36-29)38-31(43)20-41-11-9-27(10-12-41)42-19-25-7-4-8-28(35)33(25)39-34(42)44/h2-8,13-14,16-18,27,30H,9-12,15,19-20H2,1H3,(H,37,40)(H,38,43)(H,39,44). The number of hydrogen-bond acceptors (Lipinski definition) is 5. The first-order valence-corrected chi connectivity index (χ1v) is 15.1.